The summed E-state index contributed by atoms with van der Waals surface area (Å²) in [5, 5.41) is 1.86. The van der Waals surface area contributed by atoms with Gasteiger partial charge < -0.3 is 10.1 Å². The van der Waals surface area contributed by atoms with Gasteiger partial charge in [0.1, 0.15) is 17.1 Å². The molecule has 1 atom stereocenters. The van der Waals surface area contributed by atoms with Crippen molar-refractivity contribution in [3.8, 4) is 11.4 Å². The Labute approximate surface area is 162 Å². The molecule has 0 saturated carbocycles. The van der Waals surface area contributed by atoms with Crippen LogP contribution in [0, 0.1) is 0 Å². The van der Waals surface area contributed by atoms with Crippen molar-refractivity contribution in [2.45, 2.75) is 19.3 Å². The first-order valence-corrected chi connectivity index (χ1v) is 8.38. The molecule has 1 aromatic carbocycles. The van der Waals surface area contributed by atoms with Crippen LogP contribution in [0.4, 0.5) is 27.8 Å². The highest BCUT2D eigenvalue weighted by molar-refractivity contribution is 9.10. The van der Waals surface area contributed by atoms with E-state index >= 15 is 0 Å². The van der Waals surface area contributed by atoms with Gasteiger partial charge in [-0.25, -0.2) is 23.1 Å². The fourth-order valence-electron chi connectivity index (χ4n) is 2.33. The first-order valence-electron chi connectivity index (χ1n) is 7.58. The molecule has 12 heteroatoms. The van der Waals surface area contributed by atoms with Gasteiger partial charge in [0.05, 0.1) is 16.4 Å². The first kappa shape index (κ1) is 20.0. The van der Waals surface area contributed by atoms with E-state index in [0.29, 0.717) is 0 Å². The van der Waals surface area contributed by atoms with E-state index in [2.05, 4.69) is 30.6 Å². The van der Waals surface area contributed by atoms with Gasteiger partial charge in [0.2, 0.25) is 6.30 Å². The third-order valence-corrected chi connectivity index (χ3v) is 4.06. The summed E-state index contributed by atoms with van der Waals surface area (Å²) < 4.78 is 68.1. The molecule has 3 rings (SSSR count). The minimum Gasteiger partial charge on any atom is -0.435 e. The van der Waals surface area contributed by atoms with Crippen molar-refractivity contribution in [3.63, 3.8) is 0 Å². The summed E-state index contributed by atoms with van der Waals surface area (Å²) >= 11 is 3.09. The van der Waals surface area contributed by atoms with Crippen molar-refractivity contribution in [2.75, 3.05) is 5.32 Å². The molecule has 0 radical (unpaired) electrons. The first-order chi connectivity index (χ1) is 13.3. The lowest BCUT2D eigenvalue weighted by atomic mass is 10.3. The van der Waals surface area contributed by atoms with Gasteiger partial charge in [-0.2, -0.15) is 8.78 Å². The van der Waals surface area contributed by atoms with Crippen LogP contribution >= 0.6 is 15.9 Å². The number of hydrogen-bond donors (Lipinski definition) is 1. The molecule has 0 aliphatic carbocycles. The Bertz CT molecular complexity index is 1050. The van der Waals surface area contributed by atoms with E-state index < -0.39 is 24.9 Å². The van der Waals surface area contributed by atoms with Crippen LogP contribution in [0.5, 0.6) is 5.75 Å². The minimum absolute atomic E-state index is 0.0535. The summed E-state index contributed by atoms with van der Waals surface area (Å²) in [7, 11) is 0. The van der Waals surface area contributed by atoms with Crippen LogP contribution in [-0.2, 0) is 0 Å². The summed E-state index contributed by atoms with van der Waals surface area (Å²) in [5.74, 6) is -0.440. The maximum Gasteiger partial charge on any atom is 0.387 e. The second-order valence-electron chi connectivity index (χ2n) is 5.35. The minimum atomic E-state index is -3.29. The SMILES string of the molecule is O=c1c(Br)cc2ncc(NC(F)C(F)F)nc2n1-c1ccc(OC(F)F)cc1. The van der Waals surface area contributed by atoms with Gasteiger partial charge in [-0.05, 0) is 46.3 Å². The zero-order chi connectivity index (χ0) is 20.4. The fourth-order valence-corrected chi connectivity index (χ4v) is 2.72. The van der Waals surface area contributed by atoms with E-state index in [4.69, 9.17) is 0 Å². The summed E-state index contributed by atoms with van der Waals surface area (Å²) in [6, 6.07) is 6.43. The molecule has 0 bridgehead atoms. The lowest BCUT2D eigenvalue weighted by molar-refractivity contribution is -0.0498. The molecule has 28 heavy (non-hydrogen) atoms. The smallest absolute Gasteiger partial charge is 0.387 e. The van der Waals surface area contributed by atoms with Crippen LogP contribution in [0.15, 0.2) is 45.8 Å². The van der Waals surface area contributed by atoms with Gasteiger partial charge >= 0.3 is 6.61 Å². The van der Waals surface area contributed by atoms with Crippen LogP contribution in [0.1, 0.15) is 0 Å². The molecule has 1 unspecified atom stereocenters. The Morgan fingerprint density at radius 1 is 1.11 bits per heavy atom. The van der Waals surface area contributed by atoms with Gasteiger partial charge in [-0.1, -0.05) is 0 Å². The fraction of sp³-hybridized carbons (Fsp3) is 0.188. The van der Waals surface area contributed by atoms with E-state index in [-0.39, 0.29) is 32.9 Å². The number of hydrogen-bond acceptors (Lipinski definition) is 5. The van der Waals surface area contributed by atoms with Crippen LogP contribution < -0.4 is 15.6 Å². The number of pyridine rings is 1. The third kappa shape index (κ3) is 4.21. The molecule has 2 aromatic heterocycles. The van der Waals surface area contributed by atoms with Crippen molar-refractivity contribution in [1.29, 1.82) is 0 Å². The highest BCUT2D eigenvalue weighted by Crippen LogP contribution is 2.22. The van der Waals surface area contributed by atoms with Gasteiger partial charge in [0.15, 0.2) is 5.65 Å². The largest absolute Gasteiger partial charge is 0.435 e. The number of halogens is 6. The van der Waals surface area contributed by atoms with Gasteiger partial charge in [0.25, 0.3) is 12.0 Å². The van der Waals surface area contributed by atoms with E-state index in [1.165, 1.54) is 30.3 Å². The highest BCUT2D eigenvalue weighted by atomic mass is 79.9. The molecule has 0 aliphatic heterocycles. The predicted octanol–water partition coefficient (Wildman–Crippen LogP) is 4.12. The Hall–Kier alpha value is -2.76. The Kier molecular flexibility index (Phi) is 5.77. The number of aromatic nitrogens is 3. The van der Waals surface area contributed by atoms with Gasteiger partial charge in [0, 0.05) is 0 Å². The number of benzene rings is 1. The lowest BCUT2D eigenvalue weighted by Crippen LogP contribution is -2.24. The van der Waals surface area contributed by atoms with Crippen molar-refractivity contribution in [2.24, 2.45) is 0 Å². The molecule has 1 N–H and O–H groups in total. The number of nitrogens with one attached hydrogen (secondary N) is 1. The molecule has 148 valence electrons. The van der Waals surface area contributed by atoms with Crippen molar-refractivity contribution >= 4 is 32.9 Å². The predicted molar refractivity (Wildman–Crippen MR) is 94.0 cm³/mol. The van der Waals surface area contributed by atoms with Crippen LogP contribution in [0.3, 0.4) is 0 Å². The Balaban J connectivity index is 2.11. The van der Waals surface area contributed by atoms with E-state index in [0.717, 1.165) is 10.8 Å². The summed E-state index contributed by atoms with van der Waals surface area (Å²) in [5.41, 5.74) is -0.207. The number of fused-ring (bicyclic) bond motifs is 1. The molecule has 0 fully saturated rings. The monoisotopic (exact) mass is 464 g/mol. The molecule has 0 saturated heterocycles. The standard InChI is InChI=1S/C16H10BrF5N4O2/c17-9-5-10-14(25-11(6-23-10)24-13(20)12(18)19)26(15(9)27)7-1-3-8(4-2-7)28-16(21)22/h1-6,12-13,16H,(H,24,25). The normalized spacial score (nSPS) is 12.6. The number of rotatable bonds is 6. The summed E-state index contributed by atoms with van der Waals surface area (Å²) in [6.07, 6.45) is -4.92. The second-order valence-corrected chi connectivity index (χ2v) is 6.20. The van der Waals surface area contributed by atoms with E-state index in [1.54, 1.807) is 0 Å². The van der Waals surface area contributed by atoms with Gasteiger partial charge in [-0.3, -0.25) is 9.36 Å². The van der Waals surface area contributed by atoms with Crippen LogP contribution in [0.25, 0.3) is 16.9 Å². The molecule has 0 amide bonds. The molecule has 0 spiro atoms. The molecule has 2 heterocycles. The maximum absolute atomic E-state index is 13.2. The third-order valence-electron chi connectivity index (χ3n) is 3.49. The van der Waals surface area contributed by atoms with Crippen molar-refractivity contribution in [3.05, 3.63) is 51.4 Å². The van der Waals surface area contributed by atoms with Crippen molar-refractivity contribution in [1.82, 2.24) is 14.5 Å². The van der Waals surface area contributed by atoms with Crippen LogP contribution in [0.2, 0.25) is 0 Å². The lowest BCUT2D eigenvalue weighted by Gasteiger charge is -2.14. The molecular weight excluding hydrogens is 455 g/mol. The zero-order valence-corrected chi connectivity index (χ0v) is 15.2. The number of alkyl halides is 5. The maximum atomic E-state index is 13.2. The topological polar surface area (TPSA) is 69.0 Å². The average Bonchev–Trinajstić information content (AvgIpc) is 2.63. The zero-order valence-electron chi connectivity index (χ0n) is 13.6. The summed E-state index contributed by atoms with van der Waals surface area (Å²) in [6.45, 7) is -3.01. The Morgan fingerprint density at radius 3 is 2.39 bits per heavy atom. The number of nitrogens with zero attached hydrogens (tertiary/aromatic N) is 3. The number of ether oxygens (including phenoxy) is 1. The molecule has 3 aromatic rings. The average molecular weight is 465 g/mol. The number of anilines is 1. The molecule has 6 nitrogen and oxygen atoms in total. The Morgan fingerprint density at radius 2 is 1.79 bits per heavy atom. The highest BCUT2D eigenvalue weighted by Gasteiger charge is 2.20. The molecule has 0 aliphatic rings. The van der Waals surface area contributed by atoms with E-state index in [1.807, 2.05) is 5.32 Å². The second kappa shape index (κ2) is 8.09. The quantitative estimate of drug-likeness (QED) is 0.439. The summed E-state index contributed by atoms with van der Waals surface area (Å²) in [4.78, 5) is 20.5. The van der Waals surface area contributed by atoms with Crippen LogP contribution in [-0.4, -0.2) is 33.9 Å². The van der Waals surface area contributed by atoms with E-state index in [9.17, 15) is 26.7 Å². The van der Waals surface area contributed by atoms with Crippen molar-refractivity contribution < 1.29 is 26.7 Å². The van der Waals surface area contributed by atoms with Gasteiger partial charge in [-0.15, -0.1) is 0 Å². The molecular formula is C16H10BrF5N4O2.